The second kappa shape index (κ2) is 23.1. The summed E-state index contributed by atoms with van der Waals surface area (Å²) < 4.78 is 0. The molecule has 0 saturated heterocycles. The molecule has 1 heteroatoms. The monoisotopic (exact) mass is 854 g/mol. The molecule has 2 aromatic carbocycles. The molecule has 0 radical (unpaired) electrons. The topological polar surface area (TPSA) is 3.24 Å². The Hall–Kier alpha value is -2.80. The summed E-state index contributed by atoms with van der Waals surface area (Å²) >= 11 is 0. The van der Waals surface area contributed by atoms with Gasteiger partial charge in [-0.1, -0.05) is 195 Å². The quantitative estimate of drug-likeness (QED) is 0.0900. The van der Waals surface area contributed by atoms with Gasteiger partial charge in [-0.05, 0) is 169 Å². The van der Waals surface area contributed by atoms with Crippen LogP contribution in [0.15, 0.2) is 83.1 Å². The maximum Gasteiger partial charge on any atom is 0.0411 e. The van der Waals surface area contributed by atoms with E-state index in [1.165, 1.54) is 172 Å². The Kier molecular flexibility index (Phi) is 18.2. The molecule has 4 aliphatic carbocycles. The minimum Gasteiger partial charge on any atom is -0.342 e. The van der Waals surface area contributed by atoms with Crippen LogP contribution in [0.3, 0.4) is 0 Å². The van der Waals surface area contributed by atoms with Gasteiger partial charge in [0, 0.05) is 22.8 Å². The van der Waals surface area contributed by atoms with Crippen LogP contribution in [0.2, 0.25) is 0 Å². The van der Waals surface area contributed by atoms with E-state index in [-0.39, 0.29) is 16.2 Å². The standard InChI is InChI=1S/C62H95N/c1-11-18-20-22-24-26-44-62(43-25-23-21-19-12-2)58-45-50(31-41-56(58)57-42-34-52(46-59(57)62)61(10,16-6)17-7)49-29-37-54(38-30-49)63(53-35-27-48(28-36-53)47(8)13-3)55-39-32-51(33-40-55)60(9,14-4)15-5/h29,32-35,39-40,42,45-48,54H,11-28,30-31,36-38,41,43-44H2,1-10H3. The summed E-state index contributed by atoms with van der Waals surface area (Å²) in [7, 11) is 0. The van der Waals surface area contributed by atoms with Crippen molar-refractivity contribution in [3.8, 4) is 0 Å². The van der Waals surface area contributed by atoms with E-state index < -0.39 is 0 Å². The molecule has 0 heterocycles. The van der Waals surface area contributed by atoms with Crippen molar-refractivity contribution in [2.75, 3.05) is 4.90 Å². The molecule has 4 aliphatic rings. The molecule has 1 nitrogen and oxygen atoms in total. The largest absolute Gasteiger partial charge is 0.342 e. The van der Waals surface area contributed by atoms with E-state index in [0.717, 1.165) is 18.3 Å². The lowest BCUT2D eigenvalue weighted by atomic mass is 9.67. The summed E-state index contributed by atoms with van der Waals surface area (Å²) in [5.41, 5.74) is 16.9. The van der Waals surface area contributed by atoms with Gasteiger partial charge in [0.2, 0.25) is 0 Å². The van der Waals surface area contributed by atoms with E-state index in [1.807, 2.05) is 0 Å². The summed E-state index contributed by atoms with van der Waals surface area (Å²) in [4.78, 5) is 2.82. The predicted molar refractivity (Wildman–Crippen MR) is 279 cm³/mol. The second-order valence-corrected chi connectivity index (χ2v) is 21.8. The SMILES string of the molecule is CCCCCCCCC1(CCCCCCC)C2=C(CCC(C3=CCC(N(C4=CCC(C(C)CC)CC4)c4ccc(C(C)(CC)CC)cc4)CC3)=C2)c2ccc(C(C)(CC)CC)cc21. The van der Waals surface area contributed by atoms with Crippen LogP contribution < -0.4 is 4.90 Å². The number of benzene rings is 2. The fraction of sp³-hybridized carbons (Fsp3) is 0.677. The average Bonchev–Trinajstić information content (AvgIpc) is 3.60. The van der Waals surface area contributed by atoms with E-state index in [1.54, 1.807) is 44.7 Å². The number of unbranched alkanes of at least 4 members (excludes halogenated alkanes) is 9. The Bertz CT molecular complexity index is 1870. The van der Waals surface area contributed by atoms with E-state index in [0.29, 0.717) is 6.04 Å². The molecule has 2 aromatic rings. The zero-order chi connectivity index (χ0) is 45.0. The lowest BCUT2D eigenvalue weighted by molar-refractivity contribution is 0.316. The first kappa shape index (κ1) is 49.6. The molecular weight excluding hydrogens is 759 g/mol. The van der Waals surface area contributed by atoms with Gasteiger partial charge in [0.1, 0.15) is 0 Å². The molecule has 0 bridgehead atoms. The van der Waals surface area contributed by atoms with Crippen molar-refractivity contribution in [1.29, 1.82) is 0 Å². The van der Waals surface area contributed by atoms with Gasteiger partial charge in [-0.3, -0.25) is 0 Å². The Morgan fingerprint density at radius 2 is 1.22 bits per heavy atom. The Morgan fingerprint density at radius 1 is 0.619 bits per heavy atom. The highest BCUT2D eigenvalue weighted by Gasteiger charge is 2.45. The van der Waals surface area contributed by atoms with Gasteiger partial charge in [0.05, 0.1) is 0 Å². The maximum absolute atomic E-state index is 2.82. The first-order valence-electron chi connectivity index (χ1n) is 27.4. The van der Waals surface area contributed by atoms with Gasteiger partial charge in [0.15, 0.2) is 0 Å². The highest BCUT2D eigenvalue weighted by Crippen LogP contribution is 2.57. The molecule has 6 rings (SSSR count). The Balaban J connectivity index is 1.33. The van der Waals surface area contributed by atoms with Crippen molar-refractivity contribution < 1.29 is 0 Å². The zero-order valence-electron chi connectivity index (χ0n) is 42.8. The van der Waals surface area contributed by atoms with Gasteiger partial charge in [-0.2, -0.15) is 0 Å². The highest BCUT2D eigenvalue weighted by molar-refractivity contribution is 5.85. The van der Waals surface area contributed by atoms with Crippen LogP contribution in [0, 0.1) is 11.8 Å². The van der Waals surface area contributed by atoms with Gasteiger partial charge in [-0.25, -0.2) is 0 Å². The van der Waals surface area contributed by atoms with Crippen LogP contribution in [-0.4, -0.2) is 6.04 Å². The van der Waals surface area contributed by atoms with E-state index in [9.17, 15) is 0 Å². The molecule has 63 heavy (non-hydrogen) atoms. The third-order valence-corrected chi connectivity index (χ3v) is 18.3. The number of rotatable bonds is 25. The average molecular weight is 854 g/mol. The number of allylic oxidation sites excluding steroid dienone is 7. The normalized spacial score (nSPS) is 22.0. The van der Waals surface area contributed by atoms with Crippen molar-refractivity contribution in [2.24, 2.45) is 11.8 Å². The second-order valence-electron chi connectivity index (χ2n) is 21.8. The number of nitrogens with zero attached hydrogens (tertiary/aromatic N) is 1. The van der Waals surface area contributed by atoms with Crippen molar-refractivity contribution in [1.82, 2.24) is 0 Å². The summed E-state index contributed by atoms with van der Waals surface area (Å²) in [5.74, 6) is 1.64. The number of fused-ring (bicyclic) bond motifs is 2. The lowest BCUT2D eigenvalue weighted by Gasteiger charge is -2.41. The van der Waals surface area contributed by atoms with Crippen LogP contribution in [0.1, 0.15) is 258 Å². The minimum atomic E-state index is 0.151. The van der Waals surface area contributed by atoms with Crippen LogP contribution in [-0.2, 0) is 16.2 Å². The first-order chi connectivity index (χ1) is 30.5. The van der Waals surface area contributed by atoms with Gasteiger partial charge < -0.3 is 4.90 Å². The summed E-state index contributed by atoms with van der Waals surface area (Å²) in [6, 6.07) is 18.3. The molecule has 0 amide bonds. The Labute approximate surface area is 390 Å². The van der Waals surface area contributed by atoms with E-state index in [4.69, 9.17) is 0 Å². The Morgan fingerprint density at radius 3 is 1.78 bits per heavy atom. The van der Waals surface area contributed by atoms with Crippen LogP contribution >= 0.6 is 0 Å². The molecule has 0 saturated carbocycles. The van der Waals surface area contributed by atoms with Gasteiger partial charge >= 0.3 is 0 Å². The minimum absolute atomic E-state index is 0.151. The van der Waals surface area contributed by atoms with Crippen molar-refractivity contribution in [3.05, 3.63) is 105 Å². The van der Waals surface area contributed by atoms with Gasteiger partial charge in [-0.15, -0.1) is 0 Å². The third kappa shape index (κ3) is 11.1. The highest BCUT2D eigenvalue weighted by atomic mass is 15.2. The summed E-state index contributed by atoms with van der Waals surface area (Å²) in [5, 5.41) is 0. The molecule has 0 N–H and O–H groups in total. The van der Waals surface area contributed by atoms with E-state index in [2.05, 4.69) is 135 Å². The molecular formula is C62H95N. The number of hydrogen-bond acceptors (Lipinski definition) is 1. The number of hydrogen-bond donors (Lipinski definition) is 0. The third-order valence-electron chi connectivity index (χ3n) is 18.3. The zero-order valence-corrected chi connectivity index (χ0v) is 42.8. The smallest absolute Gasteiger partial charge is 0.0411 e. The maximum atomic E-state index is 2.82. The fourth-order valence-corrected chi connectivity index (χ4v) is 12.5. The number of anilines is 1. The van der Waals surface area contributed by atoms with E-state index >= 15 is 0 Å². The predicted octanol–water partition coefficient (Wildman–Crippen LogP) is 19.4. The molecule has 0 aliphatic heterocycles. The molecule has 0 aromatic heterocycles. The van der Waals surface area contributed by atoms with Crippen LogP contribution in [0.4, 0.5) is 5.69 Å². The van der Waals surface area contributed by atoms with Crippen molar-refractivity contribution in [3.63, 3.8) is 0 Å². The molecule has 0 spiro atoms. The van der Waals surface area contributed by atoms with Crippen LogP contribution in [0.25, 0.3) is 5.57 Å². The van der Waals surface area contributed by atoms with Gasteiger partial charge in [0.25, 0.3) is 0 Å². The summed E-state index contributed by atoms with van der Waals surface area (Å²) in [6.07, 6.45) is 41.7. The van der Waals surface area contributed by atoms with Crippen molar-refractivity contribution >= 4 is 11.3 Å². The van der Waals surface area contributed by atoms with Crippen LogP contribution in [0.5, 0.6) is 0 Å². The molecule has 348 valence electrons. The molecule has 0 fully saturated rings. The first-order valence-corrected chi connectivity index (χ1v) is 27.4. The van der Waals surface area contributed by atoms with Crippen molar-refractivity contribution in [2.45, 2.75) is 258 Å². The molecule has 4 atom stereocenters. The molecule has 4 unspecified atom stereocenters. The lowest BCUT2D eigenvalue weighted by Crippen LogP contribution is -2.37. The summed E-state index contributed by atoms with van der Waals surface area (Å²) in [6.45, 7) is 24.1. The fourth-order valence-electron chi connectivity index (χ4n) is 12.5.